The van der Waals surface area contributed by atoms with Crippen LogP contribution in [0.2, 0.25) is 0 Å². The van der Waals surface area contributed by atoms with Crippen molar-refractivity contribution in [1.82, 2.24) is 5.32 Å². The summed E-state index contributed by atoms with van der Waals surface area (Å²) < 4.78 is 6.58. The Kier molecular flexibility index (Phi) is 3.65. The van der Waals surface area contributed by atoms with Crippen LogP contribution in [0.4, 0.5) is 0 Å². The van der Waals surface area contributed by atoms with Gasteiger partial charge in [-0.15, -0.1) is 0 Å². The van der Waals surface area contributed by atoms with Gasteiger partial charge in [0.25, 0.3) is 0 Å². The normalized spacial score (nSPS) is 21.3. The largest absolute Gasteiger partial charge is 0.496 e. The highest BCUT2D eigenvalue weighted by Gasteiger charge is 2.20. The molecule has 1 atom stereocenters. The lowest BCUT2D eigenvalue weighted by molar-refractivity contribution is 0.391. The molecule has 1 aromatic rings. The van der Waals surface area contributed by atoms with Crippen LogP contribution in [0.15, 0.2) is 22.7 Å². The second kappa shape index (κ2) is 4.99. The Morgan fingerprint density at radius 1 is 1.47 bits per heavy atom. The zero-order valence-electron chi connectivity index (χ0n) is 8.92. The standard InChI is InChI=1S/C12H16BrNO/c1-15-11-6-2-5-10(13)12(11)9-4-3-7-14-8-9/h2,5-6,9,14H,3-4,7-8H2,1H3. The zero-order chi connectivity index (χ0) is 10.7. The number of benzene rings is 1. The van der Waals surface area contributed by atoms with Gasteiger partial charge in [-0.05, 0) is 31.5 Å². The minimum atomic E-state index is 0.573. The second-order valence-corrected chi connectivity index (χ2v) is 4.75. The summed E-state index contributed by atoms with van der Waals surface area (Å²) in [5.74, 6) is 1.57. The van der Waals surface area contributed by atoms with E-state index in [4.69, 9.17) is 4.74 Å². The Hall–Kier alpha value is -0.540. The molecule has 0 radical (unpaired) electrons. The van der Waals surface area contributed by atoms with E-state index in [1.807, 2.05) is 12.1 Å². The highest BCUT2D eigenvalue weighted by Crippen LogP contribution is 2.36. The first-order valence-electron chi connectivity index (χ1n) is 5.36. The Morgan fingerprint density at radius 2 is 2.33 bits per heavy atom. The number of rotatable bonds is 2. The number of halogens is 1. The molecule has 1 saturated heterocycles. The van der Waals surface area contributed by atoms with Crippen LogP contribution >= 0.6 is 15.9 Å². The molecule has 1 aliphatic rings. The molecule has 0 bridgehead atoms. The van der Waals surface area contributed by atoms with Crippen LogP contribution < -0.4 is 10.1 Å². The smallest absolute Gasteiger partial charge is 0.123 e. The molecule has 3 heteroatoms. The first-order chi connectivity index (χ1) is 7.33. The van der Waals surface area contributed by atoms with Crippen molar-refractivity contribution in [2.24, 2.45) is 0 Å². The minimum absolute atomic E-state index is 0.573. The molecule has 0 aliphatic carbocycles. The predicted octanol–water partition coefficient (Wildman–Crippen LogP) is 2.92. The fraction of sp³-hybridized carbons (Fsp3) is 0.500. The van der Waals surface area contributed by atoms with Crippen molar-refractivity contribution in [3.05, 3.63) is 28.2 Å². The van der Waals surface area contributed by atoms with Crippen LogP contribution in [-0.4, -0.2) is 20.2 Å². The quantitative estimate of drug-likeness (QED) is 0.892. The van der Waals surface area contributed by atoms with Crippen molar-refractivity contribution in [3.63, 3.8) is 0 Å². The topological polar surface area (TPSA) is 21.3 Å². The van der Waals surface area contributed by atoms with Crippen molar-refractivity contribution in [3.8, 4) is 5.75 Å². The van der Waals surface area contributed by atoms with Gasteiger partial charge >= 0.3 is 0 Å². The molecule has 2 nitrogen and oxygen atoms in total. The second-order valence-electron chi connectivity index (χ2n) is 3.90. The molecular weight excluding hydrogens is 254 g/mol. The summed E-state index contributed by atoms with van der Waals surface area (Å²) in [7, 11) is 1.74. The van der Waals surface area contributed by atoms with Crippen LogP contribution in [0.25, 0.3) is 0 Å². The van der Waals surface area contributed by atoms with Gasteiger partial charge < -0.3 is 10.1 Å². The summed E-state index contributed by atoms with van der Waals surface area (Å²) in [5.41, 5.74) is 1.31. The molecule has 0 saturated carbocycles. The van der Waals surface area contributed by atoms with E-state index < -0.39 is 0 Å². The molecule has 1 aromatic carbocycles. The summed E-state index contributed by atoms with van der Waals surface area (Å²) in [6, 6.07) is 6.14. The summed E-state index contributed by atoms with van der Waals surface area (Å²) in [5, 5.41) is 3.44. The lowest BCUT2D eigenvalue weighted by Crippen LogP contribution is -2.28. The molecule has 1 fully saturated rings. The van der Waals surface area contributed by atoms with Crippen molar-refractivity contribution >= 4 is 15.9 Å². The number of ether oxygens (including phenoxy) is 1. The summed E-state index contributed by atoms with van der Waals surface area (Å²) >= 11 is 3.62. The Labute approximate surface area is 99.1 Å². The lowest BCUT2D eigenvalue weighted by Gasteiger charge is -2.25. The molecule has 1 N–H and O–H groups in total. The third kappa shape index (κ3) is 2.34. The lowest BCUT2D eigenvalue weighted by atomic mass is 9.91. The Balaban J connectivity index is 2.31. The number of nitrogens with one attached hydrogen (secondary N) is 1. The van der Waals surface area contributed by atoms with Gasteiger partial charge in [-0.1, -0.05) is 22.0 Å². The van der Waals surface area contributed by atoms with E-state index in [9.17, 15) is 0 Å². The number of hydrogen-bond acceptors (Lipinski definition) is 2. The van der Waals surface area contributed by atoms with E-state index >= 15 is 0 Å². The minimum Gasteiger partial charge on any atom is -0.496 e. The maximum Gasteiger partial charge on any atom is 0.123 e. The molecule has 1 aliphatic heterocycles. The third-order valence-corrected chi connectivity index (χ3v) is 3.63. The molecule has 0 amide bonds. The van der Waals surface area contributed by atoms with E-state index in [-0.39, 0.29) is 0 Å². The van der Waals surface area contributed by atoms with E-state index in [1.54, 1.807) is 7.11 Å². The Morgan fingerprint density at radius 3 is 3.00 bits per heavy atom. The SMILES string of the molecule is COc1cccc(Br)c1C1CCCNC1. The van der Waals surface area contributed by atoms with Gasteiger partial charge in [0.15, 0.2) is 0 Å². The molecule has 82 valence electrons. The maximum absolute atomic E-state index is 5.42. The highest BCUT2D eigenvalue weighted by atomic mass is 79.9. The molecular formula is C12H16BrNO. The zero-order valence-corrected chi connectivity index (χ0v) is 10.5. The van der Waals surface area contributed by atoms with Gasteiger partial charge in [0.2, 0.25) is 0 Å². The van der Waals surface area contributed by atoms with Gasteiger partial charge in [0.1, 0.15) is 5.75 Å². The molecule has 0 aromatic heterocycles. The maximum atomic E-state index is 5.42. The summed E-state index contributed by atoms with van der Waals surface area (Å²) in [6.07, 6.45) is 2.49. The van der Waals surface area contributed by atoms with E-state index in [2.05, 4.69) is 27.3 Å². The van der Waals surface area contributed by atoms with Crippen LogP contribution in [-0.2, 0) is 0 Å². The first kappa shape index (κ1) is 11.0. The number of methoxy groups -OCH3 is 1. The number of hydrogen-bond donors (Lipinski definition) is 1. The predicted molar refractivity (Wildman–Crippen MR) is 65.5 cm³/mol. The third-order valence-electron chi connectivity index (χ3n) is 2.94. The summed E-state index contributed by atoms with van der Waals surface area (Å²) in [6.45, 7) is 2.20. The number of piperidine rings is 1. The van der Waals surface area contributed by atoms with Crippen LogP contribution in [0, 0.1) is 0 Å². The first-order valence-corrected chi connectivity index (χ1v) is 6.15. The van der Waals surface area contributed by atoms with Gasteiger partial charge in [0, 0.05) is 22.5 Å². The molecule has 1 heterocycles. The van der Waals surface area contributed by atoms with Crippen molar-refractivity contribution in [2.75, 3.05) is 20.2 Å². The van der Waals surface area contributed by atoms with Crippen LogP contribution in [0.1, 0.15) is 24.3 Å². The van der Waals surface area contributed by atoms with Crippen LogP contribution in [0.5, 0.6) is 5.75 Å². The van der Waals surface area contributed by atoms with Gasteiger partial charge in [0.05, 0.1) is 7.11 Å². The van der Waals surface area contributed by atoms with Crippen molar-refractivity contribution in [1.29, 1.82) is 0 Å². The molecule has 15 heavy (non-hydrogen) atoms. The average Bonchev–Trinajstić information content (AvgIpc) is 2.29. The van der Waals surface area contributed by atoms with Crippen molar-refractivity contribution < 1.29 is 4.74 Å². The molecule has 2 rings (SSSR count). The monoisotopic (exact) mass is 269 g/mol. The van der Waals surface area contributed by atoms with Crippen LogP contribution in [0.3, 0.4) is 0 Å². The highest BCUT2D eigenvalue weighted by molar-refractivity contribution is 9.10. The Bertz CT molecular complexity index is 334. The van der Waals surface area contributed by atoms with E-state index in [0.29, 0.717) is 5.92 Å². The van der Waals surface area contributed by atoms with Gasteiger partial charge in [-0.2, -0.15) is 0 Å². The average molecular weight is 270 g/mol. The molecule has 0 spiro atoms. The fourth-order valence-corrected chi connectivity index (χ4v) is 2.86. The van der Waals surface area contributed by atoms with E-state index in [1.165, 1.54) is 18.4 Å². The molecule has 1 unspecified atom stereocenters. The van der Waals surface area contributed by atoms with E-state index in [0.717, 1.165) is 23.3 Å². The van der Waals surface area contributed by atoms with Gasteiger partial charge in [-0.3, -0.25) is 0 Å². The summed E-state index contributed by atoms with van der Waals surface area (Å²) in [4.78, 5) is 0. The van der Waals surface area contributed by atoms with Gasteiger partial charge in [-0.25, -0.2) is 0 Å². The van der Waals surface area contributed by atoms with Crippen molar-refractivity contribution in [2.45, 2.75) is 18.8 Å². The fourth-order valence-electron chi connectivity index (χ4n) is 2.19.